The molecule has 0 fully saturated rings. The number of para-hydroxylation sites is 5. The third-order valence-corrected chi connectivity index (χ3v) is 11.3. The molecule has 0 saturated carbocycles. The lowest BCUT2D eigenvalue weighted by Crippen LogP contribution is -2.17. The third-order valence-electron chi connectivity index (χ3n) is 11.3. The second-order valence-corrected chi connectivity index (χ2v) is 14.9. The Balaban J connectivity index is 1.05. The van der Waals surface area contributed by atoms with Crippen LogP contribution in [0.3, 0.4) is 0 Å². The van der Waals surface area contributed by atoms with E-state index in [0.717, 1.165) is 61.9 Å². The number of aromatic nitrogens is 5. The van der Waals surface area contributed by atoms with Crippen molar-refractivity contribution in [1.82, 2.24) is 24.1 Å². The van der Waals surface area contributed by atoms with Gasteiger partial charge in [0.05, 0.1) is 33.5 Å². The Bertz CT molecular complexity index is 3040. The summed E-state index contributed by atoms with van der Waals surface area (Å²) in [7, 11) is 0. The van der Waals surface area contributed by atoms with Gasteiger partial charge < -0.3 is 4.57 Å². The van der Waals surface area contributed by atoms with Crippen molar-refractivity contribution in [2.75, 3.05) is 0 Å². The topological polar surface area (TPSA) is 48.5 Å². The summed E-state index contributed by atoms with van der Waals surface area (Å²) < 4.78 is 4.59. The molecule has 3 aromatic heterocycles. The highest BCUT2D eigenvalue weighted by molar-refractivity contribution is 6.09. The zero-order chi connectivity index (χ0) is 36.7. The van der Waals surface area contributed by atoms with Gasteiger partial charge in [0.1, 0.15) is 5.82 Å². The molecule has 0 amide bonds. The molecule has 55 heavy (non-hydrogen) atoms. The molecule has 260 valence electrons. The molecule has 0 atom stereocenters. The van der Waals surface area contributed by atoms with Crippen molar-refractivity contribution in [2.24, 2.45) is 0 Å². The highest BCUT2D eigenvalue weighted by Gasteiger charge is 2.40. The molecule has 0 bridgehead atoms. The first-order valence-electron chi connectivity index (χ1n) is 18.8. The second-order valence-electron chi connectivity index (χ2n) is 14.9. The van der Waals surface area contributed by atoms with Gasteiger partial charge in [-0.25, -0.2) is 15.0 Å². The molecular formula is C50H35N5. The van der Waals surface area contributed by atoms with Crippen LogP contribution >= 0.6 is 0 Å². The monoisotopic (exact) mass is 705 g/mol. The lowest BCUT2D eigenvalue weighted by atomic mass is 9.81. The number of hydrogen-bond donors (Lipinski definition) is 0. The van der Waals surface area contributed by atoms with E-state index < -0.39 is 0 Å². The van der Waals surface area contributed by atoms with Gasteiger partial charge in [-0.1, -0.05) is 141 Å². The Morgan fingerprint density at radius 2 is 0.964 bits per heavy atom. The molecule has 10 aromatic rings. The molecule has 7 aromatic carbocycles. The Hall–Kier alpha value is -7.11. The Morgan fingerprint density at radius 1 is 0.418 bits per heavy atom. The summed E-state index contributed by atoms with van der Waals surface area (Å²) in [5.74, 6) is 1.60. The first kappa shape index (κ1) is 31.4. The normalized spacial score (nSPS) is 13.1. The zero-order valence-corrected chi connectivity index (χ0v) is 30.5. The molecule has 5 heteroatoms. The largest absolute Gasteiger partial charge is 0.309 e. The van der Waals surface area contributed by atoms with E-state index in [4.69, 9.17) is 15.0 Å². The first-order chi connectivity index (χ1) is 27.0. The van der Waals surface area contributed by atoms with Crippen molar-refractivity contribution in [3.63, 3.8) is 0 Å². The van der Waals surface area contributed by atoms with E-state index in [0.29, 0.717) is 5.82 Å². The van der Waals surface area contributed by atoms with Crippen LogP contribution in [-0.2, 0) is 5.41 Å². The van der Waals surface area contributed by atoms with Gasteiger partial charge in [0, 0.05) is 55.4 Å². The van der Waals surface area contributed by atoms with Gasteiger partial charge in [0.15, 0.2) is 5.82 Å². The Labute approximate surface area is 318 Å². The number of fused-ring (bicyclic) bond motifs is 7. The summed E-state index contributed by atoms with van der Waals surface area (Å²) in [5.41, 5.74) is 15.0. The van der Waals surface area contributed by atoms with Crippen LogP contribution in [0.1, 0.15) is 25.0 Å². The number of hydrogen-bond acceptors (Lipinski definition) is 3. The molecule has 1 aliphatic rings. The van der Waals surface area contributed by atoms with Gasteiger partial charge in [-0.2, -0.15) is 0 Å². The van der Waals surface area contributed by atoms with Crippen LogP contribution in [-0.4, -0.2) is 24.1 Å². The van der Waals surface area contributed by atoms with E-state index in [-0.39, 0.29) is 5.41 Å². The van der Waals surface area contributed by atoms with Crippen LogP contribution in [0.25, 0.3) is 89.5 Å². The fraction of sp³-hybridized carbons (Fsp3) is 0.0600. The van der Waals surface area contributed by atoms with Crippen molar-refractivity contribution in [2.45, 2.75) is 19.3 Å². The maximum absolute atomic E-state index is 5.42. The minimum atomic E-state index is -0.272. The maximum atomic E-state index is 5.42. The van der Waals surface area contributed by atoms with Crippen LogP contribution in [0.5, 0.6) is 0 Å². The molecule has 1 aliphatic carbocycles. The van der Waals surface area contributed by atoms with E-state index in [9.17, 15) is 0 Å². The molecular weight excluding hydrogens is 671 g/mol. The first-order valence-corrected chi connectivity index (χ1v) is 18.8. The van der Waals surface area contributed by atoms with Gasteiger partial charge in [-0.15, -0.1) is 0 Å². The second kappa shape index (κ2) is 12.0. The minimum absolute atomic E-state index is 0.272. The van der Waals surface area contributed by atoms with Gasteiger partial charge in [-0.3, -0.25) is 4.57 Å². The average molecular weight is 706 g/mol. The van der Waals surface area contributed by atoms with E-state index in [2.05, 4.69) is 187 Å². The highest BCUT2D eigenvalue weighted by atomic mass is 15.1. The lowest BCUT2D eigenvalue weighted by molar-refractivity contribution is 0.658. The molecule has 5 nitrogen and oxygen atoms in total. The van der Waals surface area contributed by atoms with E-state index >= 15 is 0 Å². The Morgan fingerprint density at radius 3 is 1.69 bits per heavy atom. The van der Waals surface area contributed by atoms with Crippen LogP contribution in [0.4, 0.5) is 0 Å². The molecule has 0 unspecified atom stereocenters. The summed E-state index contributed by atoms with van der Waals surface area (Å²) in [6.45, 7) is 4.59. The van der Waals surface area contributed by atoms with E-state index in [1.165, 1.54) is 32.9 Å². The van der Waals surface area contributed by atoms with Crippen LogP contribution in [0.15, 0.2) is 176 Å². The van der Waals surface area contributed by atoms with Crippen molar-refractivity contribution < 1.29 is 0 Å². The van der Waals surface area contributed by atoms with Crippen molar-refractivity contribution in [3.05, 3.63) is 187 Å². The summed E-state index contributed by atoms with van der Waals surface area (Å²) in [6, 6.07) is 62.1. The summed E-state index contributed by atoms with van der Waals surface area (Å²) >= 11 is 0. The van der Waals surface area contributed by atoms with Gasteiger partial charge >= 0.3 is 0 Å². The Kier molecular flexibility index (Phi) is 6.83. The van der Waals surface area contributed by atoms with Crippen LogP contribution < -0.4 is 0 Å². The molecule has 3 heterocycles. The third kappa shape index (κ3) is 4.76. The van der Waals surface area contributed by atoms with Crippen LogP contribution in [0, 0.1) is 0 Å². The minimum Gasteiger partial charge on any atom is -0.309 e. The van der Waals surface area contributed by atoms with Crippen molar-refractivity contribution in [1.29, 1.82) is 0 Å². The summed E-state index contributed by atoms with van der Waals surface area (Å²) in [6.07, 6.45) is 0. The predicted molar refractivity (Wildman–Crippen MR) is 225 cm³/mol. The standard InChI is InChI=1S/C50H35N5/c1-50(2)40-19-9-6-18-39(40)47-45(50)46(32-28-30-36(31-29-32)54-42-21-11-7-16-37(42)38-17-8-12-22-43(38)54)52-48(53-47)33-24-26-34(27-25-33)49-51-41-20-10-13-23-44(41)55(49)35-14-4-3-5-15-35/h3-31H,1-2H3. The molecule has 11 rings (SSSR count). The van der Waals surface area contributed by atoms with Gasteiger partial charge in [0.2, 0.25) is 0 Å². The number of nitrogens with zero attached hydrogens (tertiary/aromatic N) is 5. The number of rotatable bonds is 5. The van der Waals surface area contributed by atoms with Crippen LogP contribution in [0.2, 0.25) is 0 Å². The van der Waals surface area contributed by atoms with Gasteiger partial charge in [-0.05, 0) is 54.1 Å². The molecule has 0 spiro atoms. The number of benzene rings is 7. The molecule has 0 saturated heterocycles. The highest BCUT2D eigenvalue weighted by Crippen LogP contribution is 2.51. The van der Waals surface area contributed by atoms with E-state index in [1.54, 1.807) is 0 Å². The fourth-order valence-electron chi connectivity index (χ4n) is 8.75. The maximum Gasteiger partial charge on any atom is 0.160 e. The predicted octanol–water partition coefficient (Wildman–Crippen LogP) is 12.2. The number of imidazole rings is 1. The van der Waals surface area contributed by atoms with Crippen molar-refractivity contribution in [3.8, 4) is 56.7 Å². The molecule has 0 N–H and O–H groups in total. The lowest BCUT2D eigenvalue weighted by Gasteiger charge is -2.24. The molecule has 0 radical (unpaired) electrons. The summed E-state index contributed by atoms with van der Waals surface area (Å²) in [4.78, 5) is 15.9. The van der Waals surface area contributed by atoms with Crippen molar-refractivity contribution >= 4 is 32.8 Å². The zero-order valence-electron chi connectivity index (χ0n) is 30.5. The smallest absolute Gasteiger partial charge is 0.160 e. The van der Waals surface area contributed by atoms with Gasteiger partial charge in [0.25, 0.3) is 0 Å². The quantitative estimate of drug-likeness (QED) is 0.179. The van der Waals surface area contributed by atoms with E-state index in [1.807, 2.05) is 12.1 Å². The SMILES string of the molecule is CC1(C)c2ccccc2-c2nc(-c3ccc(-c4nc5ccccc5n4-c4ccccc4)cc3)nc(-c3ccc(-n4c5ccccc5c5ccccc54)cc3)c21. The fourth-order valence-corrected chi connectivity index (χ4v) is 8.75. The average Bonchev–Trinajstić information content (AvgIpc) is 3.87. The summed E-state index contributed by atoms with van der Waals surface area (Å²) in [5, 5.41) is 2.51. The molecule has 0 aliphatic heterocycles.